The molecule has 2 N–H and O–H groups in total. The molecule has 0 saturated heterocycles. The Morgan fingerprint density at radius 1 is 1.11 bits per heavy atom. The largest absolute Gasteiger partial charge is 0.355 e. The number of carbonyl (C=O) groups is 2. The number of nitrogens with zero attached hydrogens (tertiary/aromatic N) is 1. The van der Waals surface area contributed by atoms with Gasteiger partial charge in [-0.05, 0) is 48.1 Å². The zero-order valence-electron chi connectivity index (χ0n) is 16.9. The van der Waals surface area contributed by atoms with Gasteiger partial charge in [-0.25, -0.2) is 0 Å². The van der Waals surface area contributed by atoms with E-state index in [1.807, 2.05) is 0 Å². The van der Waals surface area contributed by atoms with Crippen molar-refractivity contribution < 1.29 is 9.59 Å². The summed E-state index contributed by atoms with van der Waals surface area (Å²) in [5.41, 5.74) is 3.73. The molecule has 2 amide bonds. The highest BCUT2D eigenvalue weighted by atomic mass is 16.2. The van der Waals surface area contributed by atoms with E-state index < -0.39 is 0 Å². The average Bonchev–Trinajstić information content (AvgIpc) is 3.52. The predicted octanol–water partition coefficient (Wildman–Crippen LogP) is 3.77. The lowest BCUT2D eigenvalue weighted by Crippen LogP contribution is -2.34. The molecule has 0 unspecified atom stereocenters. The number of hydrogen-bond acceptors (Lipinski definition) is 3. The van der Waals surface area contributed by atoms with Gasteiger partial charge in [0.05, 0.1) is 6.54 Å². The molecular formula is C23H29N3O2. The Kier molecular flexibility index (Phi) is 6.47. The van der Waals surface area contributed by atoms with E-state index in [0.29, 0.717) is 29.8 Å². The van der Waals surface area contributed by atoms with Crippen LogP contribution in [0.1, 0.15) is 54.1 Å². The fraction of sp³-hybridized carbons (Fsp3) is 0.391. The van der Waals surface area contributed by atoms with Crippen LogP contribution in [-0.2, 0) is 11.3 Å². The van der Waals surface area contributed by atoms with Gasteiger partial charge in [0, 0.05) is 30.9 Å². The lowest BCUT2D eigenvalue weighted by molar-refractivity contribution is -0.117. The molecular weight excluding hydrogens is 350 g/mol. The van der Waals surface area contributed by atoms with E-state index in [1.54, 1.807) is 31.3 Å². The van der Waals surface area contributed by atoms with E-state index in [0.717, 1.165) is 19.4 Å². The van der Waals surface area contributed by atoms with Crippen molar-refractivity contribution in [1.29, 1.82) is 0 Å². The highest BCUT2D eigenvalue weighted by Crippen LogP contribution is 2.28. The van der Waals surface area contributed by atoms with Gasteiger partial charge >= 0.3 is 0 Å². The monoisotopic (exact) mass is 379 g/mol. The highest BCUT2D eigenvalue weighted by Gasteiger charge is 2.30. The van der Waals surface area contributed by atoms with Crippen LogP contribution in [0.4, 0.5) is 5.69 Å². The average molecular weight is 380 g/mol. The minimum absolute atomic E-state index is 0.0558. The van der Waals surface area contributed by atoms with Gasteiger partial charge in [0.2, 0.25) is 5.91 Å². The summed E-state index contributed by atoms with van der Waals surface area (Å²) >= 11 is 0. The van der Waals surface area contributed by atoms with Crippen molar-refractivity contribution in [1.82, 2.24) is 10.2 Å². The van der Waals surface area contributed by atoms with Gasteiger partial charge in [-0.15, -0.1) is 0 Å². The Balaban J connectivity index is 1.61. The summed E-state index contributed by atoms with van der Waals surface area (Å²) in [4.78, 5) is 26.6. The summed E-state index contributed by atoms with van der Waals surface area (Å²) in [6.07, 6.45) is 2.28. The van der Waals surface area contributed by atoms with Crippen molar-refractivity contribution in [3.63, 3.8) is 0 Å². The Morgan fingerprint density at radius 2 is 1.82 bits per heavy atom. The van der Waals surface area contributed by atoms with Gasteiger partial charge in [0.15, 0.2) is 0 Å². The molecule has 148 valence electrons. The molecule has 0 heterocycles. The van der Waals surface area contributed by atoms with E-state index in [2.05, 4.69) is 53.6 Å². The second kappa shape index (κ2) is 9.02. The van der Waals surface area contributed by atoms with Gasteiger partial charge in [-0.3, -0.25) is 14.5 Å². The quantitative estimate of drug-likeness (QED) is 0.734. The van der Waals surface area contributed by atoms with Crippen LogP contribution >= 0.6 is 0 Å². The van der Waals surface area contributed by atoms with E-state index in [4.69, 9.17) is 0 Å². The first kappa shape index (κ1) is 20.1. The lowest BCUT2D eigenvalue weighted by atomic mass is 10.0. The molecule has 5 heteroatoms. The standard InChI is InChI=1S/C23H29N3O2/c1-16(2)18-9-7-17(8-10-18)14-26(21-11-12-21)15-22(27)25-20-6-4-5-19(13-20)23(28)24-3/h4-10,13,16,21H,11-12,14-15H2,1-3H3,(H,24,28)(H,25,27). The highest BCUT2D eigenvalue weighted by molar-refractivity contribution is 5.97. The molecule has 0 aromatic heterocycles. The van der Waals surface area contributed by atoms with Crippen LogP contribution < -0.4 is 10.6 Å². The number of amides is 2. The summed E-state index contributed by atoms with van der Waals surface area (Å²) < 4.78 is 0. The Labute approximate surface area is 167 Å². The van der Waals surface area contributed by atoms with E-state index in [9.17, 15) is 9.59 Å². The summed E-state index contributed by atoms with van der Waals surface area (Å²) in [5.74, 6) is 0.297. The molecule has 0 spiro atoms. The maximum atomic E-state index is 12.6. The molecule has 1 aliphatic carbocycles. The summed E-state index contributed by atoms with van der Waals surface area (Å²) in [5, 5.41) is 5.52. The maximum absolute atomic E-state index is 12.6. The molecule has 2 aromatic carbocycles. The van der Waals surface area contributed by atoms with E-state index in [1.165, 1.54) is 11.1 Å². The minimum atomic E-state index is -0.166. The first-order valence-corrected chi connectivity index (χ1v) is 9.91. The van der Waals surface area contributed by atoms with Crippen molar-refractivity contribution in [2.24, 2.45) is 0 Å². The lowest BCUT2D eigenvalue weighted by Gasteiger charge is -2.22. The number of carbonyl (C=O) groups excluding carboxylic acids is 2. The van der Waals surface area contributed by atoms with Gasteiger partial charge in [-0.2, -0.15) is 0 Å². The topological polar surface area (TPSA) is 61.4 Å². The third kappa shape index (κ3) is 5.42. The Bertz CT molecular complexity index is 826. The van der Waals surface area contributed by atoms with Gasteiger partial charge in [-0.1, -0.05) is 44.2 Å². The van der Waals surface area contributed by atoms with Crippen LogP contribution in [0.15, 0.2) is 48.5 Å². The number of anilines is 1. The molecule has 1 saturated carbocycles. The first-order chi connectivity index (χ1) is 13.5. The second-order valence-corrected chi connectivity index (χ2v) is 7.74. The summed E-state index contributed by atoms with van der Waals surface area (Å²) in [6.45, 7) is 5.50. The van der Waals surface area contributed by atoms with E-state index in [-0.39, 0.29) is 11.8 Å². The van der Waals surface area contributed by atoms with Crippen LogP contribution in [0.3, 0.4) is 0 Å². The molecule has 0 atom stereocenters. The van der Waals surface area contributed by atoms with Gasteiger partial charge in [0.25, 0.3) is 5.91 Å². The van der Waals surface area contributed by atoms with Crippen LogP contribution in [0.5, 0.6) is 0 Å². The third-order valence-corrected chi connectivity index (χ3v) is 5.08. The molecule has 28 heavy (non-hydrogen) atoms. The van der Waals surface area contributed by atoms with Crippen LogP contribution in [-0.4, -0.2) is 36.3 Å². The van der Waals surface area contributed by atoms with Crippen molar-refractivity contribution in [3.8, 4) is 0 Å². The number of nitrogens with one attached hydrogen (secondary N) is 2. The smallest absolute Gasteiger partial charge is 0.251 e. The number of benzene rings is 2. The Morgan fingerprint density at radius 3 is 2.43 bits per heavy atom. The van der Waals surface area contributed by atoms with Crippen molar-refractivity contribution >= 4 is 17.5 Å². The molecule has 5 nitrogen and oxygen atoms in total. The third-order valence-electron chi connectivity index (χ3n) is 5.08. The van der Waals surface area contributed by atoms with Crippen LogP contribution in [0.2, 0.25) is 0 Å². The fourth-order valence-electron chi connectivity index (χ4n) is 3.26. The van der Waals surface area contributed by atoms with Crippen molar-refractivity contribution in [2.45, 2.75) is 45.2 Å². The molecule has 0 aliphatic heterocycles. The Hall–Kier alpha value is -2.66. The molecule has 3 rings (SSSR count). The molecule has 1 aliphatic rings. The summed E-state index contributed by atoms with van der Waals surface area (Å²) in [7, 11) is 1.59. The molecule has 0 radical (unpaired) electrons. The van der Waals surface area contributed by atoms with E-state index >= 15 is 0 Å². The zero-order valence-corrected chi connectivity index (χ0v) is 16.9. The molecule has 1 fully saturated rings. The fourth-order valence-corrected chi connectivity index (χ4v) is 3.26. The predicted molar refractivity (Wildman–Crippen MR) is 112 cm³/mol. The van der Waals surface area contributed by atoms with Crippen molar-refractivity contribution in [3.05, 3.63) is 65.2 Å². The van der Waals surface area contributed by atoms with Crippen LogP contribution in [0.25, 0.3) is 0 Å². The molecule has 2 aromatic rings. The maximum Gasteiger partial charge on any atom is 0.251 e. The zero-order chi connectivity index (χ0) is 20.1. The number of rotatable bonds is 8. The molecule has 0 bridgehead atoms. The van der Waals surface area contributed by atoms with Gasteiger partial charge < -0.3 is 10.6 Å². The van der Waals surface area contributed by atoms with Crippen LogP contribution in [0, 0.1) is 0 Å². The SMILES string of the molecule is CNC(=O)c1cccc(NC(=O)CN(Cc2ccc(C(C)C)cc2)C2CC2)c1. The normalized spacial score (nSPS) is 13.6. The van der Waals surface area contributed by atoms with Crippen molar-refractivity contribution in [2.75, 3.05) is 18.9 Å². The number of hydrogen-bond donors (Lipinski definition) is 2. The minimum Gasteiger partial charge on any atom is -0.355 e. The van der Waals surface area contributed by atoms with Gasteiger partial charge in [0.1, 0.15) is 0 Å². The first-order valence-electron chi connectivity index (χ1n) is 9.91. The summed E-state index contributed by atoms with van der Waals surface area (Å²) in [6, 6.07) is 16.2. The second-order valence-electron chi connectivity index (χ2n) is 7.74.